The number of aromatic nitrogens is 3. The van der Waals surface area contributed by atoms with Crippen molar-refractivity contribution in [1.29, 1.82) is 0 Å². The van der Waals surface area contributed by atoms with Gasteiger partial charge in [-0.15, -0.1) is 10.2 Å². The summed E-state index contributed by atoms with van der Waals surface area (Å²) >= 11 is 0. The molecule has 1 aliphatic rings. The molecule has 0 aliphatic carbocycles. The van der Waals surface area contributed by atoms with Gasteiger partial charge < -0.3 is 19.9 Å². The molecule has 0 saturated heterocycles. The predicted octanol–water partition coefficient (Wildman–Crippen LogP) is 3.62. The molecule has 0 fully saturated rings. The number of hydrogen-bond donors (Lipinski definition) is 2. The number of fused-ring (bicyclic) bond motifs is 1. The number of methoxy groups -OCH3 is 1. The molecule has 2 heterocycles. The number of carbonyl (C=O) groups is 1. The monoisotopic (exact) mass is 391 g/mol. The van der Waals surface area contributed by atoms with Gasteiger partial charge in [0.05, 0.1) is 5.69 Å². The molecular weight excluding hydrogens is 366 g/mol. The van der Waals surface area contributed by atoms with Crippen LogP contribution in [0.1, 0.15) is 24.5 Å². The molecule has 1 aromatic heterocycles. The summed E-state index contributed by atoms with van der Waals surface area (Å²) in [6, 6.07) is 17.8. The molecule has 29 heavy (non-hydrogen) atoms. The molecule has 0 radical (unpaired) electrons. The highest BCUT2D eigenvalue weighted by Gasteiger charge is 2.21. The first-order valence-electron chi connectivity index (χ1n) is 9.86. The predicted molar refractivity (Wildman–Crippen MR) is 111 cm³/mol. The van der Waals surface area contributed by atoms with Crippen molar-refractivity contribution >= 4 is 11.7 Å². The van der Waals surface area contributed by atoms with Crippen LogP contribution in [0.4, 0.5) is 10.5 Å². The van der Waals surface area contributed by atoms with Crippen LogP contribution in [0.2, 0.25) is 0 Å². The lowest BCUT2D eigenvalue weighted by Crippen LogP contribution is -2.38. The molecule has 150 valence electrons. The Morgan fingerprint density at radius 2 is 1.90 bits per heavy atom. The van der Waals surface area contributed by atoms with E-state index in [1.165, 1.54) is 0 Å². The van der Waals surface area contributed by atoms with E-state index in [2.05, 4.69) is 25.4 Å². The SMILES string of the molecule is COCc1nnc2n1CCC(NC(=O)Nc1ccccc1-c1ccccc1)CC2. The van der Waals surface area contributed by atoms with Crippen molar-refractivity contribution in [2.75, 3.05) is 12.4 Å². The number of anilines is 1. The Bertz CT molecular complexity index is 970. The van der Waals surface area contributed by atoms with Crippen LogP contribution < -0.4 is 10.6 Å². The second-order valence-corrected chi connectivity index (χ2v) is 7.15. The molecule has 2 N–H and O–H groups in total. The lowest BCUT2D eigenvalue weighted by Gasteiger charge is -2.18. The minimum Gasteiger partial charge on any atom is -0.377 e. The van der Waals surface area contributed by atoms with Crippen molar-refractivity contribution in [3.8, 4) is 11.1 Å². The summed E-state index contributed by atoms with van der Waals surface area (Å²) in [5, 5.41) is 14.6. The van der Waals surface area contributed by atoms with E-state index >= 15 is 0 Å². The molecule has 1 aliphatic heterocycles. The lowest BCUT2D eigenvalue weighted by molar-refractivity contribution is 0.173. The van der Waals surface area contributed by atoms with Crippen molar-refractivity contribution < 1.29 is 9.53 Å². The number of rotatable bonds is 5. The Balaban J connectivity index is 1.40. The quantitative estimate of drug-likeness (QED) is 0.696. The molecule has 3 aromatic rings. The number of carbonyl (C=O) groups excluding carboxylic acids is 1. The molecule has 0 bridgehead atoms. The molecule has 1 unspecified atom stereocenters. The van der Waals surface area contributed by atoms with Crippen molar-refractivity contribution in [3.05, 3.63) is 66.2 Å². The fourth-order valence-corrected chi connectivity index (χ4v) is 3.73. The number of benzene rings is 2. The van der Waals surface area contributed by atoms with E-state index in [1.807, 2.05) is 54.6 Å². The zero-order valence-corrected chi connectivity index (χ0v) is 16.5. The standard InChI is InChI=1S/C22H25N5O2/c1-29-15-21-26-25-20-12-11-17(13-14-27(20)21)23-22(28)24-19-10-6-5-9-18(19)16-7-3-2-4-8-16/h2-10,17H,11-15H2,1H3,(H2,23,24,28). The topological polar surface area (TPSA) is 81.1 Å². The molecular formula is C22H25N5O2. The summed E-state index contributed by atoms with van der Waals surface area (Å²) in [6.07, 6.45) is 2.44. The maximum absolute atomic E-state index is 12.7. The van der Waals surface area contributed by atoms with Crippen molar-refractivity contribution in [1.82, 2.24) is 20.1 Å². The molecule has 7 nitrogen and oxygen atoms in total. The van der Waals surface area contributed by atoms with Crippen LogP contribution in [0.15, 0.2) is 54.6 Å². The number of nitrogens with one attached hydrogen (secondary N) is 2. The molecule has 2 amide bonds. The van der Waals surface area contributed by atoms with Gasteiger partial charge >= 0.3 is 6.03 Å². The number of nitrogens with zero attached hydrogens (tertiary/aromatic N) is 3. The van der Waals surface area contributed by atoms with Gasteiger partial charge in [-0.05, 0) is 24.5 Å². The largest absolute Gasteiger partial charge is 0.377 e. The lowest BCUT2D eigenvalue weighted by atomic mass is 10.0. The van der Waals surface area contributed by atoms with E-state index in [1.54, 1.807) is 7.11 Å². The van der Waals surface area contributed by atoms with Crippen LogP contribution in [-0.2, 0) is 24.3 Å². The number of ether oxygens (including phenoxy) is 1. The van der Waals surface area contributed by atoms with E-state index < -0.39 is 0 Å². The highest BCUT2D eigenvalue weighted by molar-refractivity contribution is 5.94. The van der Waals surface area contributed by atoms with E-state index in [9.17, 15) is 4.79 Å². The zero-order chi connectivity index (χ0) is 20.1. The van der Waals surface area contributed by atoms with Crippen LogP contribution in [0.5, 0.6) is 0 Å². The number of amides is 2. The summed E-state index contributed by atoms with van der Waals surface area (Å²) in [5.74, 6) is 1.79. The highest BCUT2D eigenvalue weighted by Crippen LogP contribution is 2.27. The van der Waals surface area contributed by atoms with Gasteiger partial charge in [0.1, 0.15) is 12.4 Å². The molecule has 2 aromatic carbocycles. The molecule has 7 heteroatoms. The van der Waals surface area contributed by atoms with Gasteiger partial charge in [-0.25, -0.2) is 4.79 Å². The third-order valence-corrected chi connectivity index (χ3v) is 5.19. The third kappa shape index (κ3) is 4.46. The van der Waals surface area contributed by atoms with Gasteiger partial charge in [-0.3, -0.25) is 0 Å². The Kier molecular flexibility index (Phi) is 5.86. The van der Waals surface area contributed by atoms with Crippen LogP contribution in [-0.4, -0.2) is 33.9 Å². The average Bonchev–Trinajstić information content (AvgIpc) is 3.01. The Morgan fingerprint density at radius 3 is 2.72 bits per heavy atom. The van der Waals surface area contributed by atoms with Crippen molar-refractivity contribution in [2.24, 2.45) is 0 Å². The van der Waals surface area contributed by atoms with Gasteiger partial charge in [0, 0.05) is 31.7 Å². The first-order chi connectivity index (χ1) is 14.2. The van der Waals surface area contributed by atoms with E-state index in [0.29, 0.717) is 6.61 Å². The number of hydrogen-bond acceptors (Lipinski definition) is 4. The first kappa shape index (κ1) is 19.1. The number of urea groups is 1. The minimum atomic E-state index is -0.187. The van der Waals surface area contributed by atoms with E-state index in [4.69, 9.17) is 4.74 Å². The highest BCUT2D eigenvalue weighted by atomic mass is 16.5. The average molecular weight is 391 g/mol. The summed E-state index contributed by atoms with van der Waals surface area (Å²) in [7, 11) is 1.65. The first-order valence-corrected chi connectivity index (χ1v) is 9.86. The maximum atomic E-state index is 12.7. The van der Waals surface area contributed by atoms with Crippen LogP contribution in [0.3, 0.4) is 0 Å². The fourth-order valence-electron chi connectivity index (χ4n) is 3.73. The summed E-state index contributed by atoms with van der Waals surface area (Å²) in [5.41, 5.74) is 2.87. The van der Waals surface area contributed by atoms with Gasteiger partial charge in [-0.2, -0.15) is 0 Å². The third-order valence-electron chi connectivity index (χ3n) is 5.19. The smallest absolute Gasteiger partial charge is 0.319 e. The Hall–Kier alpha value is -3.19. The molecule has 0 saturated carbocycles. The van der Waals surface area contributed by atoms with Gasteiger partial charge in [0.2, 0.25) is 0 Å². The van der Waals surface area contributed by atoms with Gasteiger partial charge in [0.15, 0.2) is 5.82 Å². The molecule has 1 atom stereocenters. The summed E-state index contributed by atoms with van der Waals surface area (Å²) in [6.45, 7) is 1.22. The zero-order valence-electron chi connectivity index (χ0n) is 16.5. The van der Waals surface area contributed by atoms with Gasteiger partial charge in [-0.1, -0.05) is 48.5 Å². The van der Waals surface area contributed by atoms with Crippen LogP contribution in [0.25, 0.3) is 11.1 Å². The summed E-state index contributed by atoms with van der Waals surface area (Å²) in [4.78, 5) is 12.7. The Labute approximate surface area is 170 Å². The minimum absolute atomic E-state index is 0.0796. The maximum Gasteiger partial charge on any atom is 0.319 e. The van der Waals surface area contributed by atoms with Crippen molar-refractivity contribution in [3.63, 3.8) is 0 Å². The number of para-hydroxylation sites is 1. The van der Waals surface area contributed by atoms with Gasteiger partial charge in [0.25, 0.3) is 0 Å². The fraction of sp³-hybridized carbons (Fsp3) is 0.318. The Morgan fingerprint density at radius 1 is 1.10 bits per heavy atom. The van der Waals surface area contributed by atoms with Crippen molar-refractivity contribution in [2.45, 2.75) is 38.5 Å². The summed E-state index contributed by atoms with van der Waals surface area (Å²) < 4.78 is 7.30. The molecule has 0 spiro atoms. The van der Waals surface area contributed by atoms with Crippen LogP contribution in [0, 0.1) is 0 Å². The van der Waals surface area contributed by atoms with Crippen LogP contribution >= 0.6 is 0 Å². The van der Waals surface area contributed by atoms with E-state index in [-0.39, 0.29) is 12.1 Å². The second-order valence-electron chi connectivity index (χ2n) is 7.15. The molecule has 4 rings (SSSR count). The second kappa shape index (κ2) is 8.87. The van der Waals surface area contributed by atoms with E-state index in [0.717, 1.165) is 54.3 Å². The normalized spacial score (nSPS) is 16.0. The number of aryl methyl sites for hydroxylation is 1.